The van der Waals surface area contributed by atoms with Crippen LogP contribution in [0.15, 0.2) is 65.1 Å². The third-order valence-corrected chi connectivity index (χ3v) is 6.45. The molecule has 2 N–H and O–H groups in total. The summed E-state index contributed by atoms with van der Waals surface area (Å²) < 4.78 is 0. The number of carbonyl (C=O) groups is 1. The highest BCUT2D eigenvalue weighted by Crippen LogP contribution is 2.34. The molecule has 1 saturated carbocycles. The van der Waals surface area contributed by atoms with Crippen molar-refractivity contribution in [1.82, 2.24) is 5.32 Å². The molecule has 154 valence electrons. The zero-order chi connectivity index (χ0) is 20.8. The van der Waals surface area contributed by atoms with E-state index >= 15 is 0 Å². The van der Waals surface area contributed by atoms with Gasteiger partial charge in [-0.25, -0.2) is 4.79 Å². The summed E-state index contributed by atoms with van der Waals surface area (Å²) in [5.41, 5.74) is 2.65. The van der Waals surface area contributed by atoms with E-state index in [4.69, 9.17) is 11.6 Å². The Morgan fingerprint density at radius 2 is 1.79 bits per heavy atom. The van der Waals surface area contributed by atoms with E-state index < -0.39 is 5.97 Å². The molecule has 2 unspecified atom stereocenters. The number of carboxylic acids is 1. The van der Waals surface area contributed by atoms with Crippen molar-refractivity contribution in [2.24, 2.45) is 5.92 Å². The number of rotatable bonds is 4. The molecule has 0 bridgehead atoms. The average Bonchev–Trinajstić information content (AvgIpc) is 3.36. The van der Waals surface area contributed by atoms with Crippen molar-refractivity contribution in [2.75, 3.05) is 0 Å². The summed E-state index contributed by atoms with van der Waals surface area (Å²) in [6, 6.07) is 15.4. The lowest BCUT2D eigenvalue weighted by molar-refractivity contribution is -0.132. The second-order valence-corrected chi connectivity index (χ2v) is 8.78. The van der Waals surface area contributed by atoms with Crippen molar-refractivity contribution in [3.8, 4) is 0 Å². The highest BCUT2D eigenvalue weighted by Gasteiger charge is 2.32. The molecule has 0 radical (unpaired) electrons. The van der Waals surface area contributed by atoms with Gasteiger partial charge in [-0.2, -0.15) is 0 Å². The van der Waals surface area contributed by atoms with E-state index in [0.29, 0.717) is 10.6 Å². The predicted octanol–water partition coefficient (Wildman–Crippen LogP) is 6.23. The summed E-state index contributed by atoms with van der Waals surface area (Å²) in [6.45, 7) is 2.04. The predicted molar refractivity (Wildman–Crippen MR) is 122 cm³/mol. The SMILES string of the molecule is Cc1ccccc1S.O=C(O)C1=CC(CC2CCCC2)NC1c1ccc(Cl)cc1. The minimum Gasteiger partial charge on any atom is -0.478 e. The normalized spacial score (nSPS) is 21.4. The Balaban J connectivity index is 0.000000252. The molecule has 0 amide bonds. The monoisotopic (exact) mass is 429 g/mol. The highest BCUT2D eigenvalue weighted by molar-refractivity contribution is 7.80. The van der Waals surface area contributed by atoms with Gasteiger partial charge in [-0.15, -0.1) is 12.6 Å². The molecule has 29 heavy (non-hydrogen) atoms. The molecule has 0 spiro atoms. The third kappa shape index (κ3) is 6.11. The van der Waals surface area contributed by atoms with Gasteiger partial charge in [0.25, 0.3) is 0 Å². The quantitative estimate of drug-likeness (QED) is 0.505. The number of hydrogen-bond donors (Lipinski definition) is 3. The van der Waals surface area contributed by atoms with Gasteiger partial charge in [0.05, 0.1) is 11.6 Å². The van der Waals surface area contributed by atoms with Gasteiger partial charge in [-0.05, 0) is 48.6 Å². The van der Waals surface area contributed by atoms with Gasteiger partial charge >= 0.3 is 5.97 Å². The minimum absolute atomic E-state index is 0.167. The summed E-state index contributed by atoms with van der Waals surface area (Å²) in [6.07, 6.45) is 8.13. The number of nitrogens with one attached hydrogen (secondary N) is 1. The first-order chi connectivity index (χ1) is 13.9. The second-order valence-electron chi connectivity index (χ2n) is 7.86. The average molecular weight is 430 g/mol. The van der Waals surface area contributed by atoms with E-state index in [0.717, 1.165) is 22.8 Å². The standard InChI is InChI=1S/C17H20ClNO2.C7H8S/c18-13-7-5-12(6-8-13)16-15(17(20)21)10-14(19-16)9-11-3-1-2-4-11;1-6-4-2-3-5-7(6)8/h5-8,10-11,14,16,19H,1-4,9H2,(H,20,21);2-5,8H,1H3. The smallest absolute Gasteiger partial charge is 0.333 e. The van der Waals surface area contributed by atoms with E-state index in [1.807, 2.05) is 61.5 Å². The summed E-state index contributed by atoms with van der Waals surface area (Å²) in [5.74, 6) is -0.103. The molecule has 0 saturated heterocycles. The van der Waals surface area contributed by atoms with E-state index in [1.165, 1.54) is 31.2 Å². The van der Waals surface area contributed by atoms with Crippen LogP contribution in [0.4, 0.5) is 0 Å². The fraction of sp³-hybridized carbons (Fsp3) is 0.375. The Bertz CT molecular complexity index is 838. The molecule has 1 aliphatic heterocycles. The summed E-state index contributed by atoms with van der Waals surface area (Å²) in [4.78, 5) is 12.6. The van der Waals surface area contributed by atoms with Gasteiger partial charge in [-0.1, -0.05) is 73.7 Å². The van der Waals surface area contributed by atoms with Crippen molar-refractivity contribution in [2.45, 2.75) is 56.0 Å². The number of aryl methyl sites for hydroxylation is 1. The van der Waals surface area contributed by atoms with Gasteiger partial charge < -0.3 is 5.11 Å². The Morgan fingerprint density at radius 3 is 2.34 bits per heavy atom. The fourth-order valence-electron chi connectivity index (χ4n) is 4.10. The topological polar surface area (TPSA) is 49.3 Å². The second kappa shape index (κ2) is 10.3. The van der Waals surface area contributed by atoms with Crippen LogP contribution >= 0.6 is 24.2 Å². The third-order valence-electron chi connectivity index (χ3n) is 5.70. The molecular weight excluding hydrogens is 402 g/mol. The van der Waals surface area contributed by atoms with Crippen molar-refractivity contribution < 1.29 is 9.90 Å². The van der Waals surface area contributed by atoms with Gasteiger partial charge in [-0.3, -0.25) is 5.32 Å². The van der Waals surface area contributed by atoms with Crippen LogP contribution in [0.25, 0.3) is 0 Å². The number of halogens is 1. The van der Waals surface area contributed by atoms with Crippen LogP contribution < -0.4 is 5.32 Å². The maximum atomic E-state index is 11.5. The number of aliphatic carboxylic acids is 1. The lowest BCUT2D eigenvalue weighted by Crippen LogP contribution is -2.28. The molecule has 2 aromatic rings. The fourth-order valence-corrected chi connectivity index (χ4v) is 4.38. The maximum absolute atomic E-state index is 11.5. The number of carboxylic acid groups (broad SMARTS) is 1. The highest BCUT2D eigenvalue weighted by atomic mass is 35.5. The molecule has 0 aromatic heterocycles. The van der Waals surface area contributed by atoms with E-state index in [9.17, 15) is 9.90 Å². The van der Waals surface area contributed by atoms with Crippen molar-refractivity contribution in [3.63, 3.8) is 0 Å². The van der Waals surface area contributed by atoms with Gasteiger partial charge in [0, 0.05) is 16.0 Å². The summed E-state index contributed by atoms with van der Waals surface area (Å²) in [7, 11) is 0. The number of benzene rings is 2. The van der Waals surface area contributed by atoms with E-state index in [2.05, 4.69) is 17.9 Å². The van der Waals surface area contributed by atoms with Crippen molar-refractivity contribution in [3.05, 3.63) is 76.3 Å². The van der Waals surface area contributed by atoms with Gasteiger partial charge in [0.1, 0.15) is 0 Å². The van der Waals surface area contributed by atoms with Crippen molar-refractivity contribution >= 4 is 30.2 Å². The maximum Gasteiger partial charge on any atom is 0.333 e. The molecule has 1 fully saturated rings. The van der Waals surface area contributed by atoms with Crippen LogP contribution in [-0.2, 0) is 4.79 Å². The van der Waals surface area contributed by atoms with Gasteiger partial charge in [0.2, 0.25) is 0 Å². The summed E-state index contributed by atoms with van der Waals surface area (Å²) in [5, 5.41) is 13.6. The van der Waals surface area contributed by atoms with Gasteiger partial charge in [0.15, 0.2) is 0 Å². The Hall–Kier alpha value is -1.75. The zero-order valence-electron chi connectivity index (χ0n) is 16.6. The molecule has 5 heteroatoms. The molecule has 2 aliphatic rings. The minimum atomic E-state index is -0.837. The lowest BCUT2D eigenvalue weighted by atomic mass is 9.98. The Morgan fingerprint density at radius 1 is 1.14 bits per heavy atom. The van der Waals surface area contributed by atoms with E-state index in [-0.39, 0.29) is 12.1 Å². The zero-order valence-corrected chi connectivity index (χ0v) is 18.3. The first-order valence-electron chi connectivity index (χ1n) is 10.1. The first-order valence-corrected chi connectivity index (χ1v) is 11.0. The van der Waals surface area contributed by atoms with E-state index in [1.54, 1.807) is 0 Å². The number of thiol groups is 1. The molecular formula is C24H28ClNO2S. The van der Waals surface area contributed by atoms with Crippen LogP contribution in [0, 0.1) is 12.8 Å². The molecule has 2 aromatic carbocycles. The van der Waals surface area contributed by atoms with Crippen LogP contribution in [0.5, 0.6) is 0 Å². The summed E-state index contributed by atoms with van der Waals surface area (Å²) >= 11 is 10.1. The van der Waals surface area contributed by atoms with Crippen LogP contribution in [0.2, 0.25) is 5.02 Å². The number of hydrogen-bond acceptors (Lipinski definition) is 3. The first kappa shape index (κ1) is 21.9. The Labute approximate surface area is 183 Å². The Kier molecular flexibility index (Phi) is 7.82. The largest absolute Gasteiger partial charge is 0.478 e. The molecule has 4 rings (SSSR count). The van der Waals surface area contributed by atoms with Crippen molar-refractivity contribution in [1.29, 1.82) is 0 Å². The molecule has 1 heterocycles. The van der Waals surface area contributed by atoms with Crippen LogP contribution in [0.3, 0.4) is 0 Å². The van der Waals surface area contributed by atoms with Crippen LogP contribution in [-0.4, -0.2) is 17.1 Å². The lowest BCUT2D eigenvalue weighted by Gasteiger charge is -2.19. The molecule has 1 aliphatic carbocycles. The molecule has 3 nitrogen and oxygen atoms in total. The molecule has 2 atom stereocenters. The van der Waals surface area contributed by atoms with Crippen LogP contribution in [0.1, 0.15) is 49.3 Å².